The molecule has 0 amide bonds. The first kappa shape index (κ1) is 13.8. The average Bonchev–Trinajstić information content (AvgIpc) is 2.37. The maximum atomic E-state index is 10.8. The highest BCUT2D eigenvalue weighted by Crippen LogP contribution is 2.25. The van der Waals surface area contributed by atoms with E-state index >= 15 is 0 Å². The zero-order valence-corrected chi connectivity index (χ0v) is 11.0. The Morgan fingerprint density at radius 1 is 1.58 bits per heavy atom. The summed E-state index contributed by atoms with van der Waals surface area (Å²) in [4.78, 5) is 16.7. The zero-order valence-electron chi connectivity index (χ0n) is 11.0. The summed E-state index contributed by atoms with van der Waals surface area (Å²) in [5, 5.41) is 18.1. The summed E-state index contributed by atoms with van der Waals surface area (Å²) >= 11 is 0. The summed E-state index contributed by atoms with van der Waals surface area (Å²) in [6.07, 6.45) is 1.29. The van der Waals surface area contributed by atoms with Crippen molar-refractivity contribution in [1.82, 2.24) is 4.98 Å². The summed E-state index contributed by atoms with van der Waals surface area (Å²) < 4.78 is 5.73. The summed E-state index contributed by atoms with van der Waals surface area (Å²) in [5.41, 5.74) is 0.492. The van der Waals surface area contributed by atoms with Gasteiger partial charge in [-0.05, 0) is 26.0 Å². The maximum Gasteiger partial charge on any atom is 0.354 e. The highest BCUT2D eigenvalue weighted by Gasteiger charge is 2.33. The van der Waals surface area contributed by atoms with E-state index in [1.165, 1.54) is 6.07 Å². The average molecular weight is 266 g/mol. The molecule has 1 atom stereocenters. The van der Waals surface area contributed by atoms with Gasteiger partial charge in [-0.2, -0.15) is 0 Å². The van der Waals surface area contributed by atoms with Crippen molar-refractivity contribution in [3.63, 3.8) is 0 Å². The standard InChI is InChI=1S/C13H18N2O4/c1-13(2)8-15(6-10(7-16)19-13)9-3-4-11(12(17)18)14-5-9/h3-5,10,16H,6-8H2,1-2H3,(H,17,18). The highest BCUT2D eigenvalue weighted by atomic mass is 16.5. The van der Waals surface area contributed by atoms with Crippen LogP contribution in [0.3, 0.4) is 0 Å². The molecule has 104 valence electrons. The number of morpholine rings is 1. The molecule has 1 aromatic rings. The van der Waals surface area contributed by atoms with Crippen LogP contribution in [0.2, 0.25) is 0 Å². The van der Waals surface area contributed by atoms with Gasteiger partial charge in [0, 0.05) is 13.1 Å². The molecule has 2 N–H and O–H groups in total. The Bertz CT molecular complexity index is 458. The van der Waals surface area contributed by atoms with Gasteiger partial charge < -0.3 is 19.8 Å². The topological polar surface area (TPSA) is 82.9 Å². The maximum absolute atomic E-state index is 10.8. The van der Waals surface area contributed by atoms with Crippen LogP contribution in [0.25, 0.3) is 0 Å². The quantitative estimate of drug-likeness (QED) is 0.840. The molecule has 0 aromatic carbocycles. The van der Waals surface area contributed by atoms with Crippen molar-refractivity contribution >= 4 is 11.7 Å². The predicted octanol–water partition coefficient (Wildman–Crippen LogP) is 0.756. The van der Waals surface area contributed by atoms with Crippen molar-refractivity contribution in [2.45, 2.75) is 25.6 Å². The molecule has 1 aliphatic heterocycles. The van der Waals surface area contributed by atoms with Crippen LogP contribution in [0.15, 0.2) is 18.3 Å². The molecular weight excluding hydrogens is 248 g/mol. The minimum Gasteiger partial charge on any atom is -0.477 e. The number of pyridine rings is 1. The number of aliphatic hydroxyl groups excluding tert-OH is 1. The number of nitrogens with zero attached hydrogens (tertiary/aromatic N) is 2. The zero-order chi connectivity index (χ0) is 14.0. The number of carbonyl (C=O) groups is 1. The number of hydrogen-bond donors (Lipinski definition) is 2. The molecule has 0 spiro atoms. The van der Waals surface area contributed by atoms with E-state index in [1.54, 1.807) is 12.3 Å². The van der Waals surface area contributed by atoms with E-state index in [0.29, 0.717) is 13.1 Å². The minimum atomic E-state index is -1.04. The monoisotopic (exact) mass is 266 g/mol. The van der Waals surface area contributed by atoms with E-state index in [-0.39, 0.29) is 24.0 Å². The van der Waals surface area contributed by atoms with Crippen LogP contribution in [0.1, 0.15) is 24.3 Å². The van der Waals surface area contributed by atoms with Crippen molar-refractivity contribution in [1.29, 1.82) is 0 Å². The second-order valence-electron chi connectivity index (χ2n) is 5.27. The van der Waals surface area contributed by atoms with Crippen LogP contribution >= 0.6 is 0 Å². The normalized spacial score (nSPS) is 22.3. The van der Waals surface area contributed by atoms with Gasteiger partial charge in [0.1, 0.15) is 5.69 Å². The number of rotatable bonds is 3. The number of aromatic carboxylic acids is 1. The van der Waals surface area contributed by atoms with Gasteiger partial charge in [0.25, 0.3) is 0 Å². The summed E-state index contributed by atoms with van der Waals surface area (Å²) in [6, 6.07) is 3.21. The Kier molecular flexibility index (Phi) is 3.73. The predicted molar refractivity (Wildman–Crippen MR) is 69.4 cm³/mol. The third-order valence-electron chi connectivity index (χ3n) is 3.02. The molecule has 1 aliphatic rings. The molecule has 0 radical (unpaired) electrons. The Labute approximate surface area is 111 Å². The molecule has 2 heterocycles. The van der Waals surface area contributed by atoms with Gasteiger partial charge in [-0.3, -0.25) is 0 Å². The third-order valence-corrected chi connectivity index (χ3v) is 3.02. The highest BCUT2D eigenvalue weighted by molar-refractivity contribution is 5.85. The van der Waals surface area contributed by atoms with Crippen molar-refractivity contribution in [3.05, 3.63) is 24.0 Å². The van der Waals surface area contributed by atoms with Gasteiger partial charge in [0.2, 0.25) is 0 Å². The van der Waals surface area contributed by atoms with E-state index in [4.69, 9.17) is 9.84 Å². The van der Waals surface area contributed by atoms with Crippen LogP contribution in [0.5, 0.6) is 0 Å². The number of aromatic nitrogens is 1. The summed E-state index contributed by atoms with van der Waals surface area (Å²) in [6.45, 7) is 5.11. The second kappa shape index (κ2) is 5.14. The largest absolute Gasteiger partial charge is 0.477 e. The molecule has 19 heavy (non-hydrogen) atoms. The fourth-order valence-electron chi connectivity index (χ4n) is 2.29. The molecule has 0 aliphatic carbocycles. The molecule has 2 rings (SSSR count). The van der Waals surface area contributed by atoms with Gasteiger partial charge in [0.05, 0.1) is 30.2 Å². The molecule has 1 saturated heterocycles. The Morgan fingerprint density at radius 2 is 2.32 bits per heavy atom. The van der Waals surface area contributed by atoms with Gasteiger partial charge in [0.15, 0.2) is 0 Å². The molecule has 6 heteroatoms. The molecule has 0 bridgehead atoms. The van der Waals surface area contributed by atoms with E-state index in [0.717, 1.165) is 5.69 Å². The molecular formula is C13H18N2O4. The number of anilines is 1. The van der Waals surface area contributed by atoms with E-state index in [2.05, 4.69) is 4.98 Å². The van der Waals surface area contributed by atoms with Crippen LogP contribution in [0, 0.1) is 0 Å². The molecule has 6 nitrogen and oxygen atoms in total. The smallest absolute Gasteiger partial charge is 0.354 e. The third kappa shape index (κ3) is 3.21. The first-order chi connectivity index (χ1) is 8.91. The van der Waals surface area contributed by atoms with Gasteiger partial charge >= 0.3 is 5.97 Å². The lowest BCUT2D eigenvalue weighted by Gasteiger charge is -2.43. The number of ether oxygens (including phenoxy) is 1. The van der Waals surface area contributed by atoms with E-state index in [1.807, 2.05) is 18.7 Å². The first-order valence-electron chi connectivity index (χ1n) is 6.14. The van der Waals surface area contributed by atoms with Crippen LogP contribution < -0.4 is 4.90 Å². The molecule has 0 saturated carbocycles. The second-order valence-corrected chi connectivity index (χ2v) is 5.27. The van der Waals surface area contributed by atoms with Crippen molar-refractivity contribution in [2.75, 3.05) is 24.6 Å². The Morgan fingerprint density at radius 3 is 2.84 bits per heavy atom. The lowest BCUT2D eigenvalue weighted by Crippen LogP contribution is -2.54. The number of aliphatic hydroxyl groups is 1. The lowest BCUT2D eigenvalue weighted by molar-refractivity contribution is -0.101. The Hall–Kier alpha value is -1.66. The lowest BCUT2D eigenvalue weighted by atomic mass is 10.0. The van der Waals surface area contributed by atoms with Gasteiger partial charge in [-0.1, -0.05) is 0 Å². The SMILES string of the molecule is CC1(C)CN(c2ccc(C(=O)O)nc2)CC(CO)O1. The fraction of sp³-hybridized carbons (Fsp3) is 0.538. The van der Waals surface area contributed by atoms with E-state index < -0.39 is 5.97 Å². The van der Waals surface area contributed by atoms with Crippen LogP contribution in [-0.2, 0) is 4.74 Å². The number of carboxylic acid groups (broad SMARTS) is 1. The molecule has 1 aromatic heterocycles. The Balaban J connectivity index is 2.18. The van der Waals surface area contributed by atoms with Gasteiger partial charge in [-0.15, -0.1) is 0 Å². The summed E-state index contributed by atoms with van der Waals surface area (Å²) in [7, 11) is 0. The van der Waals surface area contributed by atoms with Crippen LogP contribution in [0.4, 0.5) is 5.69 Å². The first-order valence-corrected chi connectivity index (χ1v) is 6.14. The van der Waals surface area contributed by atoms with Crippen molar-refractivity contribution < 1.29 is 19.7 Å². The number of hydrogen-bond acceptors (Lipinski definition) is 5. The minimum absolute atomic E-state index is 0.0231. The van der Waals surface area contributed by atoms with Gasteiger partial charge in [-0.25, -0.2) is 9.78 Å². The fourth-order valence-corrected chi connectivity index (χ4v) is 2.29. The number of carboxylic acids is 1. The van der Waals surface area contributed by atoms with E-state index in [9.17, 15) is 9.90 Å². The van der Waals surface area contributed by atoms with Crippen LogP contribution in [-0.4, -0.2) is 52.6 Å². The van der Waals surface area contributed by atoms with Crippen molar-refractivity contribution in [3.8, 4) is 0 Å². The summed E-state index contributed by atoms with van der Waals surface area (Å²) in [5.74, 6) is -1.04. The molecule has 1 fully saturated rings. The molecule has 1 unspecified atom stereocenters. The van der Waals surface area contributed by atoms with Crippen molar-refractivity contribution in [2.24, 2.45) is 0 Å².